The van der Waals surface area contributed by atoms with Gasteiger partial charge < -0.3 is 0 Å². The van der Waals surface area contributed by atoms with Crippen molar-refractivity contribution in [2.75, 3.05) is 13.2 Å². The summed E-state index contributed by atoms with van der Waals surface area (Å²) in [5, 5.41) is 1.68. The van der Waals surface area contributed by atoms with Gasteiger partial charge in [-0.15, -0.1) is 0 Å². The highest BCUT2D eigenvalue weighted by molar-refractivity contribution is 5.87. The third-order valence-electron chi connectivity index (χ3n) is 2.77. The number of fused-ring (bicyclic) bond motifs is 1. The van der Waals surface area contributed by atoms with E-state index in [0.29, 0.717) is 24.8 Å². The highest BCUT2D eigenvalue weighted by Crippen LogP contribution is 2.26. The van der Waals surface area contributed by atoms with Gasteiger partial charge in [0.25, 0.3) is 0 Å². The second-order valence-electron chi connectivity index (χ2n) is 4.65. The number of rotatable bonds is 3. The quantitative estimate of drug-likeness (QED) is 0.748. The maximum atomic E-state index is 11.1. The normalized spacial score (nSPS) is 14.8. The predicted molar refractivity (Wildman–Crippen MR) is 66.7 cm³/mol. The van der Waals surface area contributed by atoms with Crippen LogP contribution in [0.2, 0.25) is 0 Å². The summed E-state index contributed by atoms with van der Waals surface area (Å²) in [4.78, 5) is 16.7. The largest absolute Gasteiger partial charge is 0.272 e. The molecule has 0 atom stereocenters. The molecule has 0 saturated heterocycles. The van der Waals surface area contributed by atoms with Crippen molar-refractivity contribution in [3.63, 3.8) is 0 Å². The summed E-state index contributed by atoms with van der Waals surface area (Å²) in [6, 6.07) is 7.92. The molecule has 90 valence electrons. The highest BCUT2D eigenvalue weighted by atomic mass is 16.7. The summed E-state index contributed by atoms with van der Waals surface area (Å²) in [5.41, 5.74) is 2.65. The monoisotopic (exact) mass is 231 g/mol. The minimum atomic E-state index is 0.445. The van der Waals surface area contributed by atoms with E-state index in [-0.39, 0.29) is 0 Å². The van der Waals surface area contributed by atoms with Crippen LogP contribution in [0, 0.1) is 5.92 Å². The molecule has 1 aliphatic rings. The van der Waals surface area contributed by atoms with Gasteiger partial charge >= 0.3 is 0 Å². The van der Waals surface area contributed by atoms with E-state index in [9.17, 15) is 4.79 Å². The molecule has 0 fully saturated rings. The smallest absolute Gasteiger partial charge is 0.155 e. The Morgan fingerprint density at radius 1 is 1.41 bits per heavy atom. The first-order chi connectivity index (χ1) is 8.22. The fourth-order valence-electron chi connectivity index (χ4n) is 1.91. The van der Waals surface area contributed by atoms with Gasteiger partial charge in [0.05, 0.1) is 13.2 Å². The zero-order valence-corrected chi connectivity index (χ0v) is 10.3. The Bertz CT molecular complexity index is 447. The molecule has 0 spiro atoms. The number of hydrogen-bond acceptors (Lipinski definition) is 3. The van der Waals surface area contributed by atoms with Crippen molar-refractivity contribution in [1.82, 2.24) is 5.06 Å². The van der Waals surface area contributed by atoms with Gasteiger partial charge in [0.1, 0.15) is 0 Å². The van der Waals surface area contributed by atoms with E-state index < -0.39 is 0 Å². The molecule has 1 aliphatic heterocycles. The fourth-order valence-corrected chi connectivity index (χ4v) is 1.91. The van der Waals surface area contributed by atoms with Crippen molar-refractivity contribution in [2.24, 2.45) is 5.92 Å². The van der Waals surface area contributed by atoms with Crippen LogP contribution in [-0.4, -0.2) is 24.2 Å². The van der Waals surface area contributed by atoms with Crippen LogP contribution in [-0.2, 0) is 16.1 Å². The van der Waals surface area contributed by atoms with Crippen LogP contribution in [0.25, 0.3) is 5.70 Å². The van der Waals surface area contributed by atoms with Crippen LogP contribution in [0.4, 0.5) is 0 Å². The molecule has 0 N–H and O–H groups in total. The minimum Gasteiger partial charge on any atom is -0.272 e. The van der Waals surface area contributed by atoms with Crippen molar-refractivity contribution in [1.29, 1.82) is 0 Å². The summed E-state index contributed by atoms with van der Waals surface area (Å²) < 4.78 is 0. The van der Waals surface area contributed by atoms with Gasteiger partial charge in [-0.3, -0.25) is 4.84 Å². The number of hydrogen-bond donors (Lipinski definition) is 0. The van der Waals surface area contributed by atoms with Gasteiger partial charge in [0.15, 0.2) is 11.6 Å². The summed E-state index contributed by atoms with van der Waals surface area (Å²) in [7, 11) is 0. The summed E-state index contributed by atoms with van der Waals surface area (Å²) in [6.07, 6.45) is 0.902. The lowest BCUT2D eigenvalue weighted by atomic mass is 9.99. The van der Waals surface area contributed by atoms with Crippen LogP contribution >= 0.6 is 0 Å². The standard InChI is InChI=1S/C14H17NO2/c1-11(2)10-17-15-8-7-12-5-3-4-6-13(12)14(15)9-16/h3-6,11H,7-8,10H2,1-2H3. The van der Waals surface area contributed by atoms with Gasteiger partial charge in [-0.1, -0.05) is 38.1 Å². The van der Waals surface area contributed by atoms with Gasteiger partial charge in [-0.2, -0.15) is 0 Å². The van der Waals surface area contributed by atoms with Gasteiger partial charge in [0, 0.05) is 5.56 Å². The third-order valence-corrected chi connectivity index (χ3v) is 2.77. The Morgan fingerprint density at radius 3 is 2.88 bits per heavy atom. The zero-order valence-electron chi connectivity index (χ0n) is 10.3. The summed E-state index contributed by atoms with van der Waals surface area (Å²) in [6.45, 7) is 5.51. The molecule has 3 heteroatoms. The highest BCUT2D eigenvalue weighted by Gasteiger charge is 2.22. The Balaban J connectivity index is 2.21. The van der Waals surface area contributed by atoms with Crippen molar-refractivity contribution in [3.05, 3.63) is 35.4 Å². The molecule has 0 saturated carbocycles. The molecule has 0 amide bonds. The molecular formula is C14H17NO2. The van der Waals surface area contributed by atoms with Crippen molar-refractivity contribution < 1.29 is 9.63 Å². The number of carbonyl (C=O) groups excluding carboxylic acids is 1. The van der Waals surface area contributed by atoms with Crippen molar-refractivity contribution in [3.8, 4) is 0 Å². The lowest BCUT2D eigenvalue weighted by molar-refractivity contribution is -0.120. The average molecular weight is 231 g/mol. The maximum Gasteiger partial charge on any atom is 0.155 e. The maximum absolute atomic E-state index is 11.1. The predicted octanol–water partition coefficient (Wildman–Crippen LogP) is 2.30. The van der Waals surface area contributed by atoms with Crippen LogP contribution in [0.3, 0.4) is 0 Å². The van der Waals surface area contributed by atoms with Gasteiger partial charge in [0.2, 0.25) is 0 Å². The van der Waals surface area contributed by atoms with Crippen LogP contribution < -0.4 is 0 Å². The summed E-state index contributed by atoms with van der Waals surface area (Å²) in [5.74, 6) is 2.45. The molecule has 0 unspecified atom stereocenters. The zero-order chi connectivity index (χ0) is 12.3. The Kier molecular flexibility index (Phi) is 3.62. The number of nitrogens with zero attached hydrogens (tertiary/aromatic N) is 1. The molecule has 2 rings (SSSR count). The molecule has 1 heterocycles. The van der Waals surface area contributed by atoms with E-state index in [4.69, 9.17) is 4.84 Å². The van der Waals surface area contributed by atoms with Gasteiger partial charge in [-0.25, -0.2) is 9.86 Å². The number of hydroxylamine groups is 2. The molecule has 0 aromatic heterocycles. The third kappa shape index (κ3) is 2.57. The molecule has 0 bridgehead atoms. The van der Waals surface area contributed by atoms with E-state index in [1.54, 1.807) is 5.06 Å². The molecular weight excluding hydrogens is 214 g/mol. The molecule has 17 heavy (non-hydrogen) atoms. The van der Waals surface area contributed by atoms with Crippen molar-refractivity contribution in [2.45, 2.75) is 20.3 Å². The number of benzene rings is 1. The van der Waals surface area contributed by atoms with E-state index in [1.165, 1.54) is 5.56 Å². The molecule has 1 aromatic carbocycles. The van der Waals surface area contributed by atoms with Crippen molar-refractivity contribution >= 4 is 11.6 Å². The van der Waals surface area contributed by atoms with E-state index in [1.807, 2.05) is 30.2 Å². The first kappa shape index (κ1) is 11.9. The lowest BCUT2D eigenvalue weighted by Gasteiger charge is -2.30. The second-order valence-corrected chi connectivity index (χ2v) is 4.65. The fraction of sp³-hybridized carbons (Fsp3) is 0.429. The second kappa shape index (κ2) is 5.17. The summed E-state index contributed by atoms with van der Waals surface area (Å²) >= 11 is 0. The van der Waals surface area contributed by atoms with E-state index in [2.05, 4.69) is 13.8 Å². The SMILES string of the molecule is CC(C)CON1CCc2ccccc2C1=C=O. The topological polar surface area (TPSA) is 29.5 Å². The molecule has 0 radical (unpaired) electrons. The van der Waals surface area contributed by atoms with Crippen LogP contribution in [0.5, 0.6) is 0 Å². The van der Waals surface area contributed by atoms with Crippen LogP contribution in [0.1, 0.15) is 25.0 Å². The van der Waals surface area contributed by atoms with E-state index >= 15 is 0 Å². The first-order valence-electron chi connectivity index (χ1n) is 5.96. The van der Waals surface area contributed by atoms with E-state index in [0.717, 1.165) is 12.0 Å². The first-order valence-corrected chi connectivity index (χ1v) is 5.96. The lowest BCUT2D eigenvalue weighted by Crippen LogP contribution is -2.31. The Labute approximate surface area is 102 Å². The van der Waals surface area contributed by atoms with Gasteiger partial charge in [-0.05, 0) is 17.9 Å². The van der Waals surface area contributed by atoms with Crippen LogP contribution in [0.15, 0.2) is 24.3 Å². The molecule has 1 aromatic rings. The average Bonchev–Trinajstić information content (AvgIpc) is 2.35. The Hall–Kier alpha value is -1.57. The molecule has 3 nitrogen and oxygen atoms in total. The minimum absolute atomic E-state index is 0.445. The molecule has 0 aliphatic carbocycles. The Morgan fingerprint density at radius 2 is 2.18 bits per heavy atom.